The SMILES string of the molecule is Cc1cc(N)nc(CN2C(=O)CN(C)C2=O)n1. The summed E-state index contributed by atoms with van der Waals surface area (Å²) in [5.74, 6) is 0.459. The van der Waals surface area contributed by atoms with Crippen LogP contribution in [0.25, 0.3) is 0 Å². The van der Waals surface area contributed by atoms with Gasteiger partial charge in [-0.1, -0.05) is 0 Å². The van der Waals surface area contributed by atoms with E-state index >= 15 is 0 Å². The molecule has 0 radical (unpaired) electrons. The lowest BCUT2D eigenvalue weighted by atomic mass is 10.4. The number of nitrogens with two attached hydrogens (primary N) is 1. The highest BCUT2D eigenvalue weighted by Crippen LogP contribution is 2.12. The summed E-state index contributed by atoms with van der Waals surface area (Å²) in [6.45, 7) is 1.94. The maximum atomic E-state index is 11.6. The summed E-state index contributed by atoms with van der Waals surface area (Å²) in [6, 6.07) is 1.29. The first-order valence-corrected chi connectivity index (χ1v) is 5.13. The van der Waals surface area contributed by atoms with Crippen molar-refractivity contribution in [3.63, 3.8) is 0 Å². The minimum absolute atomic E-state index is 0.0634. The molecule has 1 aliphatic rings. The van der Waals surface area contributed by atoms with Crippen molar-refractivity contribution in [1.82, 2.24) is 19.8 Å². The molecule has 1 fully saturated rings. The Kier molecular flexibility index (Phi) is 2.66. The van der Waals surface area contributed by atoms with E-state index in [0.717, 1.165) is 4.90 Å². The van der Waals surface area contributed by atoms with Gasteiger partial charge in [0.1, 0.15) is 12.4 Å². The van der Waals surface area contributed by atoms with Crippen molar-refractivity contribution in [2.75, 3.05) is 19.3 Å². The fourth-order valence-electron chi connectivity index (χ4n) is 1.69. The maximum Gasteiger partial charge on any atom is 0.327 e. The number of rotatable bonds is 2. The molecular formula is C10H13N5O2. The van der Waals surface area contributed by atoms with Crippen LogP contribution >= 0.6 is 0 Å². The van der Waals surface area contributed by atoms with Crippen molar-refractivity contribution in [2.45, 2.75) is 13.5 Å². The number of aromatic nitrogens is 2. The highest BCUT2D eigenvalue weighted by atomic mass is 16.2. The van der Waals surface area contributed by atoms with Crippen LogP contribution in [-0.4, -0.2) is 45.3 Å². The predicted molar refractivity (Wildman–Crippen MR) is 59.8 cm³/mol. The van der Waals surface area contributed by atoms with E-state index in [0.29, 0.717) is 17.3 Å². The second-order valence-electron chi connectivity index (χ2n) is 3.97. The Labute approximate surface area is 98.2 Å². The fraction of sp³-hybridized carbons (Fsp3) is 0.400. The van der Waals surface area contributed by atoms with Gasteiger partial charge in [0.2, 0.25) is 0 Å². The highest BCUT2D eigenvalue weighted by Gasteiger charge is 2.33. The average molecular weight is 235 g/mol. The van der Waals surface area contributed by atoms with E-state index in [2.05, 4.69) is 9.97 Å². The topological polar surface area (TPSA) is 92.4 Å². The number of amides is 3. The van der Waals surface area contributed by atoms with Crippen LogP contribution < -0.4 is 5.73 Å². The van der Waals surface area contributed by atoms with Crippen molar-refractivity contribution >= 4 is 17.8 Å². The standard InChI is InChI=1S/C10H13N5O2/c1-6-3-7(11)13-8(12-6)4-15-9(16)5-14(2)10(15)17/h3H,4-5H2,1-2H3,(H2,11,12,13). The normalized spacial score (nSPS) is 15.9. The summed E-state index contributed by atoms with van der Waals surface area (Å²) < 4.78 is 0. The van der Waals surface area contributed by atoms with Crippen LogP contribution in [0.2, 0.25) is 0 Å². The molecule has 0 bridgehead atoms. The van der Waals surface area contributed by atoms with Gasteiger partial charge in [-0.05, 0) is 6.92 Å². The molecule has 90 valence electrons. The molecule has 0 aliphatic carbocycles. The molecule has 2 rings (SSSR count). The Morgan fingerprint density at radius 2 is 2.12 bits per heavy atom. The lowest BCUT2D eigenvalue weighted by Gasteiger charge is -2.13. The first-order chi connectivity index (χ1) is 7.97. The van der Waals surface area contributed by atoms with Crippen LogP contribution in [0.5, 0.6) is 0 Å². The molecule has 1 saturated heterocycles. The molecule has 3 amide bonds. The summed E-state index contributed by atoms with van der Waals surface area (Å²) in [7, 11) is 1.58. The Bertz CT molecular complexity index is 467. The largest absolute Gasteiger partial charge is 0.384 e. The molecule has 7 heteroatoms. The van der Waals surface area contributed by atoms with Crippen molar-refractivity contribution in [3.05, 3.63) is 17.6 Å². The fourth-order valence-corrected chi connectivity index (χ4v) is 1.69. The summed E-state index contributed by atoms with van der Waals surface area (Å²) in [5, 5.41) is 0. The van der Waals surface area contributed by atoms with Crippen LogP contribution in [0, 0.1) is 6.92 Å². The third-order valence-corrected chi connectivity index (χ3v) is 2.45. The number of carbonyl (C=O) groups excluding carboxylic acids is 2. The minimum Gasteiger partial charge on any atom is -0.384 e. The van der Waals surface area contributed by atoms with Crippen molar-refractivity contribution in [3.8, 4) is 0 Å². The zero-order chi connectivity index (χ0) is 12.6. The molecule has 0 unspecified atom stereocenters. The lowest BCUT2D eigenvalue weighted by molar-refractivity contribution is -0.125. The molecule has 7 nitrogen and oxygen atoms in total. The molecule has 0 aromatic carbocycles. The quantitative estimate of drug-likeness (QED) is 0.714. The van der Waals surface area contributed by atoms with Crippen molar-refractivity contribution in [2.24, 2.45) is 0 Å². The van der Waals surface area contributed by atoms with E-state index < -0.39 is 0 Å². The van der Waals surface area contributed by atoms with Crippen molar-refractivity contribution in [1.29, 1.82) is 0 Å². The summed E-state index contributed by atoms with van der Waals surface area (Å²) in [4.78, 5) is 33.8. The van der Waals surface area contributed by atoms with Gasteiger partial charge in [-0.15, -0.1) is 0 Å². The number of anilines is 1. The van der Waals surface area contributed by atoms with E-state index in [-0.39, 0.29) is 25.0 Å². The monoisotopic (exact) mass is 235 g/mol. The van der Waals surface area contributed by atoms with Crippen LogP contribution in [0.4, 0.5) is 10.6 Å². The Hall–Kier alpha value is -2.18. The van der Waals surface area contributed by atoms with Gasteiger partial charge in [0.25, 0.3) is 5.91 Å². The molecule has 0 saturated carbocycles. The van der Waals surface area contributed by atoms with Gasteiger partial charge >= 0.3 is 6.03 Å². The van der Waals surface area contributed by atoms with E-state index in [1.165, 1.54) is 4.90 Å². The molecule has 1 aromatic rings. The molecule has 2 N–H and O–H groups in total. The van der Waals surface area contributed by atoms with E-state index in [1.807, 2.05) is 0 Å². The number of nitrogens with zero attached hydrogens (tertiary/aromatic N) is 4. The lowest BCUT2D eigenvalue weighted by Crippen LogP contribution is -2.31. The number of aryl methyl sites for hydroxylation is 1. The van der Waals surface area contributed by atoms with Crippen LogP contribution in [-0.2, 0) is 11.3 Å². The van der Waals surface area contributed by atoms with Crippen molar-refractivity contribution < 1.29 is 9.59 Å². The number of imide groups is 1. The molecule has 17 heavy (non-hydrogen) atoms. The Morgan fingerprint density at radius 3 is 2.65 bits per heavy atom. The summed E-state index contributed by atoms with van der Waals surface area (Å²) in [6.07, 6.45) is 0. The molecule has 1 aromatic heterocycles. The third-order valence-electron chi connectivity index (χ3n) is 2.45. The van der Waals surface area contributed by atoms with E-state index in [1.54, 1.807) is 20.0 Å². The first-order valence-electron chi connectivity index (χ1n) is 5.13. The second-order valence-corrected chi connectivity index (χ2v) is 3.97. The van der Waals surface area contributed by atoms with Gasteiger partial charge in [0.05, 0.1) is 6.54 Å². The second kappa shape index (κ2) is 4.00. The number of likely N-dealkylation sites (N-methyl/N-ethyl adjacent to an activating group) is 1. The summed E-state index contributed by atoms with van der Waals surface area (Å²) in [5.41, 5.74) is 6.29. The van der Waals surface area contributed by atoms with Gasteiger partial charge in [-0.2, -0.15) is 0 Å². The van der Waals surface area contributed by atoms with E-state index in [9.17, 15) is 9.59 Å². The molecular weight excluding hydrogens is 222 g/mol. The number of hydrogen-bond donors (Lipinski definition) is 1. The van der Waals surface area contributed by atoms with Crippen LogP contribution in [0.3, 0.4) is 0 Å². The van der Waals surface area contributed by atoms with Gasteiger partial charge in [0.15, 0.2) is 5.82 Å². The summed E-state index contributed by atoms with van der Waals surface area (Å²) >= 11 is 0. The molecule has 1 aliphatic heterocycles. The Balaban J connectivity index is 2.21. The number of nitrogen functional groups attached to an aromatic ring is 1. The Morgan fingerprint density at radius 1 is 1.41 bits per heavy atom. The highest BCUT2D eigenvalue weighted by molar-refractivity contribution is 6.01. The number of carbonyl (C=O) groups is 2. The van der Waals surface area contributed by atoms with Gasteiger partial charge in [-0.25, -0.2) is 14.8 Å². The zero-order valence-electron chi connectivity index (χ0n) is 9.67. The minimum atomic E-state index is -0.335. The predicted octanol–water partition coefficient (Wildman–Crippen LogP) is -0.239. The molecule has 2 heterocycles. The molecule has 0 atom stereocenters. The van der Waals surface area contributed by atoms with Gasteiger partial charge < -0.3 is 10.6 Å². The third kappa shape index (κ3) is 2.17. The zero-order valence-corrected chi connectivity index (χ0v) is 9.67. The van der Waals surface area contributed by atoms with Gasteiger partial charge in [-0.3, -0.25) is 9.69 Å². The van der Waals surface area contributed by atoms with Crippen LogP contribution in [0.15, 0.2) is 6.07 Å². The first kappa shape index (κ1) is 11.3. The average Bonchev–Trinajstić information content (AvgIpc) is 2.44. The van der Waals surface area contributed by atoms with Crippen LogP contribution in [0.1, 0.15) is 11.5 Å². The maximum absolute atomic E-state index is 11.6. The number of hydrogen-bond acceptors (Lipinski definition) is 5. The van der Waals surface area contributed by atoms with E-state index in [4.69, 9.17) is 5.73 Å². The van der Waals surface area contributed by atoms with Gasteiger partial charge in [0, 0.05) is 18.8 Å². The number of urea groups is 1. The smallest absolute Gasteiger partial charge is 0.327 e. The molecule has 0 spiro atoms.